The van der Waals surface area contributed by atoms with Gasteiger partial charge in [0.25, 0.3) is 0 Å². The van der Waals surface area contributed by atoms with E-state index in [0.29, 0.717) is 0 Å². The Hall–Kier alpha value is -1.06. The summed E-state index contributed by atoms with van der Waals surface area (Å²) in [6.07, 6.45) is 3.36. The van der Waals surface area contributed by atoms with Gasteiger partial charge in [0.2, 0.25) is 0 Å². The number of nitrogens with zero attached hydrogens (tertiary/aromatic N) is 1. The zero-order valence-electron chi connectivity index (χ0n) is 12.2. The smallest absolute Gasteiger partial charge is 0.122 e. The van der Waals surface area contributed by atoms with Crippen LogP contribution < -0.4 is 4.74 Å². The highest BCUT2D eigenvalue weighted by molar-refractivity contribution is 5.37. The number of hydrogen-bond donors (Lipinski definition) is 0. The third kappa shape index (κ3) is 4.22. The molecule has 1 aromatic rings. The Morgan fingerprint density at radius 3 is 2.74 bits per heavy atom. The number of morpholine rings is 1. The van der Waals surface area contributed by atoms with Crippen molar-refractivity contribution in [1.82, 2.24) is 4.90 Å². The highest BCUT2D eigenvalue weighted by atomic mass is 16.5. The first-order valence-corrected chi connectivity index (χ1v) is 7.29. The van der Waals surface area contributed by atoms with Crippen LogP contribution >= 0.6 is 0 Å². The largest absolute Gasteiger partial charge is 0.496 e. The quantitative estimate of drug-likeness (QED) is 0.787. The van der Waals surface area contributed by atoms with Gasteiger partial charge in [0.15, 0.2) is 0 Å². The van der Waals surface area contributed by atoms with Gasteiger partial charge in [0.05, 0.1) is 20.3 Å². The fourth-order valence-electron chi connectivity index (χ4n) is 2.57. The lowest BCUT2D eigenvalue weighted by Crippen LogP contribution is -2.36. The van der Waals surface area contributed by atoms with Crippen LogP contribution in [0.1, 0.15) is 24.5 Å². The van der Waals surface area contributed by atoms with E-state index in [1.165, 1.54) is 17.5 Å². The van der Waals surface area contributed by atoms with Crippen molar-refractivity contribution in [3.63, 3.8) is 0 Å². The Labute approximate surface area is 116 Å². The minimum atomic E-state index is 0.884. The number of benzene rings is 1. The van der Waals surface area contributed by atoms with E-state index in [9.17, 15) is 0 Å². The maximum atomic E-state index is 5.45. The van der Waals surface area contributed by atoms with Crippen molar-refractivity contribution < 1.29 is 9.47 Å². The third-order valence-corrected chi connectivity index (χ3v) is 3.78. The van der Waals surface area contributed by atoms with Crippen molar-refractivity contribution in [3.05, 3.63) is 29.3 Å². The van der Waals surface area contributed by atoms with Crippen molar-refractivity contribution in [2.24, 2.45) is 0 Å². The van der Waals surface area contributed by atoms with E-state index < -0.39 is 0 Å². The summed E-state index contributed by atoms with van der Waals surface area (Å²) in [5, 5.41) is 0. The monoisotopic (exact) mass is 263 g/mol. The first kappa shape index (κ1) is 14.4. The second-order valence-corrected chi connectivity index (χ2v) is 5.06. The molecule has 0 saturated carbocycles. The number of aryl methyl sites for hydroxylation is 2. The van der Waals surface area contributed by atoms with Crippen LogP contribution in [0.4, 0.5) is 0 Å². The highest BCUT2D eigenvalue weighted by Crippen LogP contribution is 2.21. The minimum Gasteiger partial charge on any atom is -0.496 e. The fraction of sp³-hybridized carbons (Fsp3) is 0.625. The van der Waals surface area contributed by atoms with E-state index in [1.807, 2.05) is 0 Å². The first-order chi connectivity index (χ1) is 9.33. The van der Waals surface area contributed by atoms with Gasteiger partial charge in [-0.2, -0.15) is 0 Å². The summed E-state index contributed by atoms with van der Waals surface area (Å²) >= 11 is 0. The van der Waals surface area contributed by atoms with Gasteiger partial charge in [0.1, 0.15) is 5.75 Å². The Bertz CT molecular complexity index is 386. The molecule has 0 unspecified atom stereocenters. The van der Waals surface area contributed by atoms with E-state index in [0.717, 1.165) is 51.4 Å². The second-order valence-electron chi connectivity index (χ2n) is 5.06. The lowest BCUT2D eigenvalue weighted by Gasteiger charge is -2.26. The summed E-state index contributed by atoms with van der Waals surface area (Å²) in [7, 11) is 1.76. The van der Waals surface area contributed by atoms with E-state index in [4.69, 9.17) is 9.47 Å². The zero-order chi connectivity index (χ0) is 13.5. The molecule has 1 aromatic carbocycles. The van der Waals surface area contributed by atoms with Gasteiger partial charge in [-0.3, -0.25) is 4.90 Å². The van der Waals surface area contributed by atoms with Crippen LogP contribution in [0.3, 0.4) is 0 Å². The predicted molar refractivity (Wildman–Crippen MR) is 78.0 cm³/mol. The van der Waals surface area contributed by atoms with Gasteiger partial charge in [0, 0.05) is 13.1 Å². The van der Waals surface area contributed by atoms with E-state index in [-0.39, 0.29) is 0 Å². The Balaban J connectivity index is 1.86. The molecule has 0 spiro atoms. The number of methoxy groups -OCH3 is 1. The summed E-state index contributed by atoms with van der Waals surface area (Å²) in [6, 6.07) is 6.55. The van der Waals surface area contributed by atoms with Gasteiger partial charge in [-0.1, -0.05) is 19.1 Å². The Morgan fingerprint density at radius 2 is 2.05 bits per heavy atom. The highest BCUT2D eigenvalue weighted by Gasteiger charge is 2.10. The SMILES string of the molecule is CCc1ccc(OC)c(CCCN2CCOCC2)c1. The number of rotatable bonds is 6. The molecule has 1 aliphatic heterocycles. The van der Waals surface area contributed by atoms with Crippen LogP contribution in [0.2, 0.25) is 0 Å². The van der Waals surface area contributed by atoms with Crippen LogP contribution in [0.25, 0.3) is 0 Å². The van der Waals surface area contributed by atoms with Crippen molar-refractivity contribution >= 4 is 0 Å². The lowest BCUT2D eigenvalue weighted by molar-refractivity contribution is 0.0374. The van der Waals surface area contributed by atoms with E-state index in [1.54, 1.807) is 7.11 Å². The van der Waals surface area contributed by atoms with Gasteiger partial charge in [-0.05, 0) is 43.0 Å². The standard InChI is InChI=1S/C16H25NO2/c1-3-14-6-7-16(18-2)15(13-14)5-4-8-17-9-11-19-12-10-17/h6-7,13H,3-5,8-12H2,1-2H3. The van der Waals surface area contributed by atoms with Crippen LogP contribution in [-0.2, 0) is 17.6 Å². The van der Waals surface area contributed by atoms with Crippen molar-refractivity contribution in [1.29, 1.82) is 0 Å². The van der Waals surface area contributed by atoms with Crippen LogP contribution in [0.15, 0.2) is 18.2 Å². The molecule has 0 N–H and O–H groups in total. The fourth-order valence-corrected chi connectivity index (χ4v) is 2.57. The number of ether oxygens (including phenoxy) is 2. The van der Waals surface area contributed by atoms with E-state index in [2.05, 4.69) is 30.0 Å². The topological polar surface area (TPSA) is 21.7 Å². The molecule has 1 aliphatic rings. The predicted octanol–water partition coefficient (Wildman–Crippen LogP) is 2.52. The molecule has 0 radical (unpaired) electrons. The van der Waals surface area contributed by atoms with E-state index >= 15 is 0 Å². The van der Waals surface area contributed by atoms with Crippen LogP contribution in [0, 0.1) is 0 Å². The molecule has 19 heavy (non-hydrogen) atoms. The molecular formula is C16H25NO2. The molecule has 1 heterocycles. The molecular weight excluding hydrogens is 238 g/mol. The molecule has 0 amide bonds. The molecule has 2 rings (SSSR count). The first-order valence-electron chi connectivity index (χ1n) is 7.29. The van der Waals surface area contributed by atoms with Gasteiger partial charge in [-0.25, -0.2) is 0 Å². The molecule has 0 aromatic heterocycles. The minimum absolute atomic E-state index is 0.884. The Morgan fingerprint density at radius 1 is 1.26 bits per heavy atom. The van der Waals surface area contributed by atoms with Crippen molar-refractivity contribution in [3.8, 4) is 5.75 Å². The molecule has 0 aliphatic carbocycles. The average Bonchev–Trinajstić information content (AvgIpc) is 2.48. The van der Waals surface area contributed by atoms with Crippen LogP contribution in [0.5, 0.6) is 5.75 Å². The molecule has 3 nitrogen and oxygen atoms in total. The summed E-state index contributed by atoms with van der Waals surface area (Å²) < 4.78 is 10.8. The normalized spacial score (nSPS) is 16.5. The summed E-state index contributed by atoms with van der Waals surface area (Å²) in [5.74, 6) is 1.03. The van der Waals surface area contributed by atoms with Crippen molar-refractivity contribution in [2.45, 2.75) is 26.2 Å². The zero-order valence-corrected chi connectivity index (χ0v) is 12.2. The molecule has 1 saturated heterocycles. The maximum Gasteiger partial charge on any atom is 0.122 e. The summed E-state index contributed by atoms with van der Waals surface area (Å²) in [4.78, 5) is 2.49. The maximum absolute atomic E-state index is 5.45. The van der Waals surface area contributed by atoms with Gasteiger partial charge in [-0.15, -0.1) is 0 Å². The number of hydrogen-bond acceptors (Lipinski definition) is 3. The molecule has 0 bridgehead atoms. The van der Waals surface area contributed by atoms with Gasteiger partial charge < -0.3 is 9.47 Å². The summed E-state index contributed by atoms with van der Waals surface area (Å²) in [6.45, 7) is 7.27. The van der Waals surface area contributed by atoms with Gasteiger partial charge >= 0.3 is 0 Å². The third-order valence-electron chi connectivity index (χ3n) is 3.78. The van der Waals surface area contributed by atoms with Crippen molar-refractivity contribution in [2.75, 3.05) is 40.0 Å². The Kier molecular flexibility index (Phi) is 5.67. The molecule has 3 heteroatoms. The molecule has 1 fully saturated rings. The average molecular weight is 263 g/mol. The molecule has 0 atom stereocenters. The second kappa shape index (κ2) is 7.51. The lowest BCUT2D eigenvalue weighted by atomic mass is 10.0. The van der Waals surface area contributed by atoms with Crippen LogP contribution in [-0.4, -0.2) is 44.9 Å². The molecule has 106 valence electrons. The summed E-state index contributed by atoms with van der Waals surface area (Å²) in [5.41, 5.74) is 2.73.